The van der Waals surface area contributed by atoms with Crippen LogP contribution in [0.25, 0.3) is 22.0 Å². The molecule has 0 radical (unpaired) electrons. The lowest BCUT2D eigenvalue weighted by molar-refractivity contribution is 0.0626. The second-order valence-corrected chi connectivity index (χ2v) is 8.60. The van der Waals surface area contributed by atoms with E-state index >= 15 is 0 Å². The van der Waals surface area contributed by atoms with Gasteiger partial charge in [-0.3, -0.25) is 9.69 Å². The fourth-order valence-electron chi connectivity index (χ4n) is 3.79. The molecule has 2 aromatic heterocycles. The van der Waals surface area contributed by atoms with Crippen molar-refractivity contribution in [1.82, 2.24) is 24.8 Å². The lowest BCUT2D eigenvalue weighted by atomic mass is 10.2. The van der Waals surface area contributed by atoms with Crippen LogP contribution in [0.5, 0.6) is 0 Å². The van der Waals surface area contributed by atoms with E-state index in [2.05, 4.69) is 32.4 Å². The fraction of sp³-hybridized carbons (Fsp3) is 0.200. The average Bonchev–Trinajstić information content (AvgIpc) is 3.34. The quantitative estimate of drug-likeness (QED) is 0.464. The number of rotatable bonds is 5. The summed E-state index contributed by atoms with van der Waals surface area (Å²) in [6, 6.07) is 20.0. The van der Waals surface area contributed by atoms with Crippen LogP contribution in [-0.2, 0) is 6.54 Å². The van der Waals surface area contributed by atoms with Gasteiger partial charge in [-0.1, -0.05) is 60.7 Å². The molecule has 0 atom stereocenters. The Balaban J connectivity index is 1.16. The zero-order chi connectivity index (χ0) is 21.8. The minimum atomic E-state index is -0.00992. The number of carbonyl (C=O) groups excluding carboxylic acids is 1. The summed E-state index contributed by atoms with van der Waals surface area (Å²) in [5.41, 5.74) is 3.71. The van der Waals surface area contributed by atoms with Gasteiger partial charge in [0.25, 0.3) is 5.91 Å². The number of amides is 1. The molecule has 4 aromatic rings. The van der Waals surface area contributed by atoms with Crippen LogP contribution in [0.4, 0.5) is 0 Å². The Bertz CT molecular complexity index is 1170. The standard InChI is InChI=1S/C25H23N5OS/c31-25(21-15-26-23(27-16-21)19-7-3-1-4-8-19)30-13-11-29(12-14-30)17-22-18-32-24(28-22)20-9-5-2-6-10-20/h1-10,15-16,18H,11-14,17H2. The molecule has 1 fully saturated rings. The molecule has 0 bridgehead atoms. The molecule has 0 aliphatic carbocycles. The number of hydrogen-bond donors (Lipinski definition) is 0. The Morgan fingerprint density at radius 1 is 0.844 bits per heavy atom. The molecular weight excluding hydrogens is 418 g/mol. The summed E-state index contributed by atoms with van der Waals surface area (Å²) >= 11 is 1.68. The molecule has 0 spiro atoms. The van der Waals surface area contributed by atoms with Crippen LogP contribution in [0.15, 0.2) is 78.4 Å². The van der Waals surface area contributed by atoms with Crippen molar-refractivity contribution in [2.45, 2.75) is 6.54 Å². The van der Waals surface area contributed by atoms with Gasteiger partial charge in [-0.25, -0.2) is 15.0 Å². The smallest absolute Gasteiger partial charge is 0.257 e. The Kier molecular flexibility index (Phi) is 6.00. The molecule has 0 unspecified atom stereocenters. The Morgan fingerprint density at radius 2 is 1.47 bits per heavy atom. The Labute approximate surface area is 191 Å². The SMILES string of the molecule is O=C(c1cnc(-c2ccccc2)nc1)N1CCN(Cc2csc(-c3ccccc3)n2)CC1. The van der Waals surface area contributed by atoms with E-state index in [0.29, 0.717) is 24.5 Å². The molecule has 1 saturated heterocycles. The summed E-state index contributed by atoms with van der Waals surface area (Å²) in [6.45, 7) is 3.84. The van der Waals surface area contributed by atoms with Crippen molar-refractivity contribution < 1.29 is 4.79 Å². The maximum atomic E-state index is 12.9. The van der Waals surface area contributed by atoms with Crippen LogP contribution >= 0.6 is 11.3 Å². The number of hydrogen-bond acceptors (Lipinski definition) is 6. The minimum absolute atomic E-state index is 0.00992. The summed E-state index contributed by atoms with van der Waals surface area (Å²) in [4.78, 5) is 30.7. The third-order valence-corrected chi connectivity index (χ3v) is 6.49. The lowest BCUT2D eigenvalue weighted by Gasteiger charge is -2.34. The molecule has 1 aliphatic rings. The van der Waals surface area contributed by atoms with Crippen LogP contribution in [0.2, 0.25) is 0 Å². The molecule has 2 aromatic carbocycles. The normalized spacial score (nSPS) is 14.4. The molecule has 0 N–H and O–H groups in total. The van der Waals surface area contributed by atoms with Gasteiger partial charge in [-0.2, -0.15) is 0 Å². The van der Waals surface area contributed by atoms with Gasteiger partial charge in [0.05, 0.1) is 11.3 Å². The number of benzene rings is 2. The van der Waals surface area contributed by atoms with Crippen molar-refractivity contribution in [3.63, 3.8) is 0 Å². The topological polar surface area (TPSA) is 62.2 Å². The van der Waals surface area contributed by atoms with Gasteiger partial charge in [-0.15, -0.1) is 11.3 Å². The molecule has 32 heavy (non-hydrogen) atoms. The van der Waals surface area contributed by atoms with E-state index in [9.17, 15) is 4.79 Å². The molecule has 1 aliphatic heterocycles. The molecular formula is C25H23N5OS. The zero-order valence-corrected chi connectivity index (χ0v) is 18.4. The van der Waals surface area contributed by atoms with E-state index in [4.69, 9.17) is 4.98 Å². The van der Waals surface area contributed by atoms with Crippen LogP contribution < -0.4 is 0 Å². The van der Waals surface area contributed by atoms with Crippen LogP contribution in [0.1, 0.15) is 16.1 Å². The third kappa shape index (κ3) is 4.59. The van der Waals surface area contributed by atoms with Crippen molar-refractivity contribution in [1.29, 1.82) is 0 Å². The van der Waals surface area contributed by atoms with Gasteiger partial charge >= 0.3 is 0 Å². The van der Waals surface area contributed by atoms with Gasteiger partial charge in [0.1, 0.15) is 5.01 Å². The second kappa shape index (κ2) is 9.38. The fourth-order valence-corrected chi connectivity index (χ4v) is 4.61. The number of carbonyl (C=O) groups is 1. The highest BCUT2D eigenvalue weighted by atomic mass is 32.1. The van der Waals surface area contributed by atoms with Crippen LogP contribution in [0, 0.1) is 0 Å². The molecule has 3 heterocycles. The number of nitrogens with zero attached hydrogens (tertiary/aromatic N) is 5. The highest BCUT2D eigenvalue weighted by molar-refractivity contribution is 7.13. The summed E-state index contributed by atoms with van der Waals surface area (Å²) in [7, 11) is 0. The second-order valence-electron chi connectivity index (χ2n) is 7.74. The predicted octanol–water partition coefficient (Wildman–Crippen LogP) is 4.23. The summed E-state index contributed by atoms with van der Waals surface area (Å²) in [5, 5.41) is 3.18. The first-order valence-electron chi connectivity index (χ1n) is 10.7. The van der Waals surface area contributed by atoms with E-state index in [0.717, 1.165) is 41.5 Å². The van der Waals surface area contributed by atoms with E-state index in [1.807, 2.05) is 53.4 Å². The van der Waals surface area contributed by atoms with Crippen molar-refractivity contribution in [3.8, 4) is 22.0 Å². The first-order chi connectivity index (χ1) is 15.8. The largest absolute Gasteiger partial charge is 0.336 e. The van der Waals surface area contributed by atoms with Gasteiger partial charge in [-0.05, 0) is 0 Å². The predicted molar refractivity (Wildman–Crippen MR) is 126 cm³/mol. The van der Waals surface area contributed by atoms with E-state index in [1.54, 1.807) is 23.7 Å². The highest BCUT2D eigenvalue weighted by Crippen LogP contribution is 2.24. The number of piperazine rings is 1. The van der Waals surface area contributed by atoms with Crippen LogP contribution in [0.3, 0.4) is 0 Å². The van der Waals surface area contributed by atoms with Gasteiger partial charge in [0.2, 0.25) is 0 Å². The molecule has 1 amide bonds. The lowest BCUT2D eigenvalue weighted by Crippen LogP contribution is -2.48. The third-order valence-electron chi connectivity index (χ3n) is 5.55. The van der Waals surface area contributed by atoms with Gasteiger partial charge in [0, 0.05) is 61.6 Å². The molecule has 5 rings (SSSR count). The van der Waals surface area contributed by atoms with Gasteiger partial charge in [0.15, 0.2) is 5.82 Å². The average molecular weight is 442 g/mol. The Hall–Kier alpha value is -3.42. The monoisotopic (exact) mass is 441 g/mol. The summed E-state index contributed by atoms with van der Waals surface area (Å²) in [6.07, 6.45) is 3.26. The highest BCUT2D eigenvalue weighted by Gasteiger charge is 2.23. The van der Waals surface area contributed by atoms with Crippen LogP contribution in [-0.4, -0.2) is 56.8 Å². The first kappa shape index (κ1) is 20.5. The van der Waals surface area contributed by atoms with Crippen molar-refractivity contribution in [2.24, 2.45) is 0 Å². The molecule has 6 nitrogen and oxygen atoms in total. The zero-order valence-electron chi connectivity index (χ0n) is 17.6. The number of thiazole rings is 1. The van der Waals surface area contributed by atoms with Crippen molar-refractivity contribution >= 4 is 17.2 Å². The van der Waals surface area contributed by atoms with E-state index < -0.39 is 0 Å². The van der Waals surface area contributed by atoms with E-state index in [-0.39, 0.29) is 5.91 Å². The van der Waals surface area contributed by atoms with E-state index in [1.165, 1.54) is 0 Å². The maximum absolute atomic E-state index is 12.9. The van der Waals surface area contributed by atoms with Crippen molar-refractivity contribution in [3.05, 3.63) is 89.7 Å². The van der Waals surface area contributed by atoms with Gasteiger partial charge < -0.3 is 4.90 Å². The number of aromatic nitrogens is 3. The first-order valence-corrected chi connectivity index (χ1v) is 11.5. The molecule has 160 valence electrons. The molecule has 7 heteroatoms. The maximum Gasteiger partial charge on any atom is 0.257 e. The van der Waals surface area contributed by atoms with Crippen molar-refractivity contribution in [2.75, 3.05) is 26.2 Å². The molecule has 0 saturated carbocycles. The summed E-state index contributed by atoms with van der Waals surface area (Å²) in [5.74, 6) is 0.620. The minimum Gasteiger partial charge on any atom is -0.336 e. The Morgan fingerprint density at radius 3 is 2.12 bits per heavy atom. The summed E-state index contributed by atoms with van der Waals surface area (Å²) < 4.78 is 0.